The molecule has 0 aromatic rings. The van der Waals surface area contributed by atoms with Crippen molar-refractivity contribution >= 4 is 12.4 Å². The Hall–Kier alpha value is 0.170. The van der Waals surface area contributed by atoms with Crippen LogP contribution in [-0.2, 0) is 0 Å². The molecule has 0 atom stereocenters. The molecule has 0 bridgehead atoms. The lowest BCUT2D eigenvalue weighted by Gasteiger charge is -2.38. The molecule has 19 heavy (non-hydrogen) atoms. The molecule has 3 nitrogen and oxygen atoms in total. The van der Waals surface area contributed by atoms with E-state index < -0.39 is 0 Å². The summed E-state index contributed by atoms with van der Waals surface area (Å²) in [5, 5.41) is 3.47. The van der Waals surface area contributed by atoms with E-state index in [2.05, 4.69) is 15.1 Å². The molecule has 0 unspecified atom stereocenters. The van der Waals surface area contributed by atoms with Crippen molar-refractivity contribution in [2.75, 3.05) is 45.8 Å². The van der Waals surface area contributed by atoms with Gasteiger partial charge in [-0.3, -0.25) is 0 Å². The number of nitrogens with one attached hydrogen (secondary N) is 1. The smallest absolute Gasteiger partial charge is 0.0120 e. The first-order valence-electron chi connectivity index (χ1n) is 8.09. The molecule has 3 heterocycles. The summed E-state index contributed by atoms with van der Waals surface area (Å²) in [7, 11) is 0. The van der Waals surface area contributed by atoms with E-state index in [1.54, 1.807) is 0 Å². The maximum atomic E-state index is 3.47. The van der Waals surface area contributed by atoms with Gasteiger partial charge in [0.05, 0.1) is 0 Å². The summed E-state index contributed by atoms with van der Waals surface area (Å²) in [5.74, 6) is 0.967. The minimum absolute atomic E-state index is 0. The summed E-state index contributed by atoms with van der Waals surface area (Å²) in [6.07, 6.45) is 8.51. The van der Waals surface area contributed by atoms with Crippen LogP contribution in [0.5, 0.6) is 0 Å². The Kier molecular flexibility index (Phi) is 6.40. The zero-order valence-corrected chi connectivity index (χ0v) is 13.0. The first kappa shape index (κ1) is 15.6. The van der Waals surface area contributed by atoms with E-state index in [0.29, 0.717) is 0 Å². The fourth-order valence-corrected chi connectivity index (χ4v) is 4.00. The van der Waals surface area contributed by atoms with Crippen LogP contribution in [0.1, 0.15) is 38.5 Å². The Labute approximate surface area is 124 Å². The molecule has 3 fully saturated rings. The van der Waals surface area contributed by atoms with Gasteiger partial charge in [-0.05, 0) is 83.7 Å². The molecule has 112 valence electrons. The molecule has 0 radical (unpaired) electrons. The Balaban J connectivity index is 0.00000133. The van der Waals surface area contributed by atoms with Gasteiger partial charge in [0, 0.05) is 12.6 Å². The van der Waals surface area contributed by atoms with E-state index in [0.717, 1.165) is 12.0 Å². The van der Waals surface area contributed by atoms with Crippen LogP contribution in [0.3, 0.4) is 0 Å². The van der Waals surface area contributed by atoms with Gasteiger partial charge < -0.3 is 15.1 Å². The summed E-state index contributed by atoms with van der Waals surface area (Å²) in [5.41, 5.74) is 0. The predicted molar refractivity (Wildman–Crippen MR) is 83.1 cm³/mol. The molecule has 0 saturated carbocycles. The van der Waals surface area contributed by atoms with E-state index in [1.165, 1.54) is 84.3 Å². The monoisotopic (exact) mass is 287 g/mol. The molecule has 0 spiro atoms. The first-order valence-corrected chi connectivity index (χ1v) is 8.09. The lowest BCUT2D eigenvalue weighted by Crippen LogP contribution is -2.46. The summed E-state index contributed by atoms with van der Waals surface area (Å²) >= 11 is 0. The molecule has 0 amide bonds. The summed E-state index contributed by atoms with van der Waals surface area (Å²) in [6, 6.07) is 0.914. The molecule has 3 aliphatic heterocycles. The van der Waals surface area contributed by atoms with Gasteiger partial charge in [-0.15, -0.1) is 12.4 Å². The Morgan fingerprint density at radius 3 is 2.11 bits per heavy atom. The van der Waals surface area contributed by atoms with Crippen molar-refractivity contribution < 1.29 is 0 Å². The summed E-state index contributed by atoms with van der Waals surface area (Å²) in [6.45, 7) is 9.31. The first-order chi connectivity index (χ1) is 8.92. The lowest BCUT2D eigenvalue weighted by atomic mass is 9.95. The van der Waals surface area contributed by atoms with Gasteiger partial charge >= 0.3 is 0 Å². The van der Waals surface area contributed by atoms with Crippen LogP contribution in [0.15, 0.2) is 0 Å². The second-order valence-corrected chi connectivity index (χ2v) is 6.47. The molecule has 0 aliphatic carbocycles. The number of rotatable bonds is 3. The molecule has 3 aliphatic rings. The van der Waals surface area contributed by atoms with Gasteiger partial charge in [0.15, 0.2) is 0 Å². The van der Waals surface area contributed by atoms with Crippen LogP contribution in [0, 0.1) is 5.92 Å². The highest BCUT2D eigenvalue weighted by Gasteiger charge is 2.27. The SMILES string of the molecule is C1CCN(C2CCN(CC3CCNCC3)CC2)C1.Cl. The van der Waals surface area contributed by atoms with E-state index >= 15 is 0 Å². The highest BCUT2D eigenvalue weighted by Crippen LogP contribution is 2.22. The van der Waals surface area contributed by atoms with E-state index in [9.17, 15) is 0 Å². The lowest BCUT2D eigenvalue weighted by molar-refractivity contribution is 0.109. The van der Waals surface area contributed by atoms with Gasteiger partial charge in [0.25, 0.3) is 0 Å². The third-order valence-corrected chi connectivity index (χ3v) is 5.19. The van der Waals surface area contributed by atoms with Crippen LogP contribution in [0.25, 0.3) is 0 Å². The van der Waals surface area contributed by atoms with Crippen LogP contribution in [-0.4, -0.2) is 61.7 Å². The fraction of sp³-hybridized carbons (Fsp3) is 1.00. The minimum Gasteiger partial charge on any atom is -0.317 e. The largest absolute Gasteiger partial charge is 0.317 e. The number of likely N-dealkylation sites (tertiary alicyclic amines) is 2. The Morgan fingerprint density at radius 1 is 0.842 bits per heavy atom. The Morgan fingerprint density at radius 2 is 1.47 bits per heavy atom. The van der Waals surface area contributed by atoms with Crippen molar-refractivity contribution in [3.63, 3.8) is 0 Å². The number of halogens is 1. The number of nitrogens with zero attached hydrogens (tertiary/aromatic N) is 2. The van der Waals surface area contributed by atoms with Crippen LogP contribution < -0.4 is 5.32 Å². The third kappa shape index (κ3) is 4.32. The van der Waals surface area contributed by atoms with Crippen molar-refractivity contribution in [2.24, 2.45) is 5.92 Å². The molecule has 3 saturated heterocycles. The zero-order valence-electron chi connectivity index (χ0n) is 12.1. The maximum absolute atomic E-state index is 3.47. The molecule has 0 aromatic carbocycles. The van der Waals surface area contributed by atoms with Crippen molar-refractivity contribution in [2.45, 2.75) is 44.6 Å². The number of hydrogen-bond acceptors (Lipinski definition) is 3. The maximum Gasteiger partial charge on any atom is 0.0120 e. The zero-order chi connectivity index (χ0) is 12.2. The average Bonchev–Trinajstić information content (AvgIpc) is 2.95. The molecule has 1 N–H and O–H groups in total. The van der Waals surface area contributed by atoms with Crippen LogP contribution in [0.4, 0.5) is 0 Å². The second kappa shape index (κ2) is 7.82. The van der Waals surface area contributed by atoms with Crippen molar-refractivity contribution in [1.82, 2.24) is 15.1 Å². The highest BCUT2D eigenvalue weighted by atomic mass is 35.5. The summed E-state index contributed by atoms with van der Waals surface area (Å²) in [4.78, 5) is 5.49. The average molecular weight is 288 g/mol. The van der Waals surface area contributed by atoms with Crippen LogP contribution >= 0.6 is 12.4 Å². The number of hydrogen-bond donors (Lipinski definition) is 1. The minimum atomic E-state index is 0. The second-order valence-electron chi connectivity index (χ2n) is 6.47. The van der Waals surface area contributed by atoms with Gasteiger partial charge in [0.1, 0.15) is 0 Å². The topological polar surface area (TPSA) is 18.5 Å². The van der Waals surface area contributed by atoms with Gasteiger partial charge in [0.2, 0.25) is 0 Å². The molecule has 0 aromatic heterocycles. The van der Waals surface area contributed by atoms with E-state index in [4.69, 9.17) is 0 Å². The molecular formula is C15H30ClN3. The quantitative estimate of drug-likeness (QED) is 0.856. The van der Waals surface area contributed by atoms with E-state index in [-0.39, 0.29) is 12.4 Å². The Bertz CT molecular complexity index is 242. The third-order valence-electron chi connectivity index (χ3n) is 5.19. The highest BCUT2D eigenvalue weighted by molar-refractivity contribution is 5.85. The molecule has 3 rings (SSSR count). The van der Waals surface area contributed by atoms with Gasteiger partial charge in [-0.2, -0.15) is 0 Å². The van der Waals surface area contributed by atoms with Gasteiger partial charge in [-0.25, -0.2) is 0 Å². The molecular weight excluding hydrogens is 258 g/mol. The normalized spacial score (nSPS) is 28.4. The van der Waals surface area contributed by atoms with Crippen LogP contribution in [0.2, 0.25) is 0 Å². The van der Waals surface area contributed by atoms with Crippen molar-refractivity contribution in [3.8, 4) is 0 Å². The predicted octanol–water partition coefficient (Wildman–Crippen LogP) is 1.97. The molecule has 4 heteroatoms. The summed E-state index contributed by atoms with van der Waals surface area (Å²) < 4.78 is 0. The van der Waals surface area contributed by atoms with Crippen molar-refractivity contribution in [1.29, 1.82) is 0 Å². The van der Waals surface area contributed by atoms with E-state index in [1.807, 2.05) is 0 Å². The van der Waals surface area contributed by atoms with Gasteiger partial charge in [-0.1, -0.05) is 0 Å². The number of piperidine rings is 2. The van der Waals surface area contributed by atoms with Crippen molar-refractivity contribution in [3.05, 3.63) is 0 Å². The standard InChI is InChI=1S/C15H29N3.ClH/c1-2-10-18(9-1)15-5-11-17(12-6-15)13-14-3-7-16-8-4-14;/h14-16H,1-13H2;1H. The fourth-order valence-electron chi connectivity index (χ4n) is 4.00.